The van der Waals surface area contributed by atoms with Gasteiger partial charge in [0.25, 0.3) is 5.69 Å². The number of hydrogen-bond acceptors (Lipinski definition) is 6. The van der Waals surface area contributed by atoms with Gasteiger partial charge < -0.3 is 10.6 Å². The molecular weight excluding hydrogens is 350 g/mol. The fourth-order valence-electron chi connectivity index (χ4n) is 2.84. The lowest BCUT2D eigenvalue weighted by atomic mass is 10.1. The standard InChI is InChI=1S/C18H27N5O4/c1-18(2,3)20-17(25)13-22-10-8-21(9-11-22)12-16(24)19-14-4-6-15(7-5-14)23(26)27/h4-7H,8-13H2,1-3H3,(H,19,24)(H,20,25). The van der Waals surface area contributed by atoms with Crippen LogP contribution in [0.4, 0.5) is 11.4 Å². The van der Waals surface area contributed by atoms with Gasteiger partial charge in [-0.05, 0) is 32.9 Å². The average Bonchev–Trinajstić information content (AvgIpc) is 2.55. The van der Waals surface area contributed by atoms with Crippen molar-refractivity contribution < 1.29 is 14.5 Å². The lowest BCUT2D eigenvalue weighted by Crippen LogP contribution is -2.52. The molecule has 2 N–H and O–H groups in total. The number of carbonyl (C=O) groups is 2. The van der Waals surface area contributed by atoms with Crippen molar-refractivity contribution >= 4 is 23.2 Å². The number of carbonyl (C=O) groups excluding carboxylic acids is 2. The Balaban J connectivity index is 1.72. The van der Waals surface area contributed by atoms with Crippen molar-refractivity contribution in [3.63, 3.8) is 0 Å². The Morgan fingerprint density at radius 2 is 1.48 bits per heavy atom. The quantitative estimate of drug-likeness (QED) is 0.567. The van der Waals surface area contributed by atoms with E-state index in [9.17, 15) is 19.7 Å². The number of nitrogens with one attached hydrogen (secondary N) is 2. The predicted molar refractivity (Wildman–Crippen MR) is 103 cm³/mol. The molecule has 2 amide bonds. The average molecular weight is 377 g/mol. The van der Waals surface area contributed by atoms with Crippen molar-refractivity contribution in [2.45, 2.75) is 26.3 Å². The number of rotatable bonds is 6. The van der Waals surface area contributed by atoms with Gasteiger partial charge >= 0.3 is 0 Å². The van der Waals surface area contributed by atoms with Crippen LogP contribution in [-0.2, 0) is 9.59 Å². The Bertz CT molecular complexity index is 676. The summed E-state index contributed by atoms with van der Waals surface area (Å²) in [6.45, 7) is 9.32. The maximum Gasteiger partial charge on any atom is 0.269 e. The first kappa shape index (κ1) is 20.8. The summed E-state index contributed by atoms with van der Waals surface area (Å²) < 4.78 is 0. The maximum atomic E-state index is 12.2. The minimum atomic E-state index is -0.479. The van der Waals surface area contributed by atoms with E-state index >= 15 is 0 Å². The first-order valence-corrected chi connectivity index (χ1v) is 8.92. The van der Waals surface area contributed by atoms with Crippen LogP contribution in [0.5, 0.6) is 0 Å². The largest absolute Gasteiger partial charge is 0.350 e. The molecule has 0 radical (unpaired) electrons. The van der Waals surface area contributed by atoms with Crippen molar-refractivity contribution in [1.82, 2.24) is 15.1 Å². The summed E-state index contributed by atoms with van der Waals surface area (Å²) in [5, 5.41) is 16.3. The fraction of sp³-hybridized carbons (Fsp3) is 0.556. The van der Waals surface area contributed by atoms with Gasteiger partial charge in [0.1, 0.15) is 0 Å². The van der Waals surface area contributed by atoms with E-state index in [1.807, 2.05) is 25.7 Å². The highest BCUT2D eigenvalue weighted by Crippen LogP contribution is 2.15. The molecule has 2 rings (SSSR count). The Labute approximate surface area is 158 Å². The Morgan fingerprint density at radius 3 is 1.93 bits per heavy atom. The van der Waals surface area contributed by atoms with Crippen molar-refractivity contribution in [2.75, 3.05) is 44.6 Å². The number of amides is 2. The van der Waals surface area contributed by atoms with E-state index in [2.05, 4.69) is 15.5 Å². The van der Waals surface area contributed by atoms with E-state index in [1.54, 1.807) is 0 Å². The highest BCUT2D eigenvalue weighted by Gasteiger charge is 2.22. The van der Waals surface area contributed by atoms with Crippen molar-refractivity contribution in [3.8, 4) is 0 Å². The van der Waals surface area contributed by atoms with Gasteiger partial charge in [-0.15, -0.1) is 0 Å². The molecule has 0 atom stereocenters. The second-order valence-corrected chi connectivity index (χ2v) is 7.70. The van der Waals surface area contributed by atoms with E-state index in [0.717, 1.165) is 13.1 Å². The molecule has 148 valence electrons. The zero-order valence-corrected chi connectivity index (χ0v) is 16.0. The van der Waals surface area contributed by atoms with Crippen LogP contribution < -0.4 is 10.6 Å². The molecule has 1 fully saturated rings. The van der Waals surface area contributed by atoms with E-state index in [1.165, 1.54) is 24.3 Å². The third-order valence-electron chi connectivity index (χ3n) is 4.08. The molecule has 0 saturated carbocycles. The minimum absolute atomic E-state index is 0.00636. The summed E-state index contributed by atoms with van der Waals surface area (Å²) in [6.07, 6.45) is 0. The number of benzene rings is 1. The molecule has 1 heterocycles. The summed E-state index contributed by atoms with van der Waals surface area (Å²) in [7, 11) is 0. The number of nitro groups is 1. The number of non-ortho nitro benzene ring substituents is 1. The molecule has 0 bridgehead atoms. The van der Waals surface area contributed by atoms with E-state index in [0.29, 0.717) is 25.3 Å². The summed E-state index contributed by atoms with van der Waals surface area (Å²) in [5.74, 6) is -0.158. The first-order valence-electron chi connectivity index (χ1n) is 8.92. The molecule has 9 nitrogen and oxygen atoms in total. The molecule has 0 unspecified atom stereocenters. The van der Waals surface area contributed by atoms with Crippen molar-refractivity contribution in [3.05, 3.63) is 34.4 Å². The van der Waals surface area contributed by atoms with Crippen LogP contribution in [0.3, 0.4) is 0 Å². The third kappa shape index (κ3) is 7.32. The summed E-state index contributed by atoms with van der Waals surface area (Å²) in [4.78, 5) is 38.4. The smallest absolute Gasteiger partial charge is 0.269 e. The SMILES string of the molecule is CC(C)(C)NC(=O)CN1CCN(CC(=O)Nc2ccc([N+](=O)[O-])cc2)CC1. The Kier molecular flexibility index (Phi) is 6.86. The first-order chi connectivity index (χ1) is 12.6. The zero-order chi connectivity index (χ0) is 20.0. The van der Waals surface area contributed by atoms with Gasteiger partial charge in [-0.25, -0.2) is 0 Å². The lowest BCUT2D eigenvalue weighted by Gasteiger charge is -2.34. The van der Waals surface area contributed by atoms with Crippen LogP contribution in [-0.4, -0.2) is 71.3 Å². The van der Waals surface area contributed by atoms with Crippen LogP contribution in [0, 0.1) is 10.1 Å². The molecule has 0 aliphatic carbocycles. The number of piperazine rings is 1. The van der Waals surface area contributed by atoms with Gasteiger partial charge in [-0.3, -0.25) is 29.5 Å². The fourth-order valence-corrected chi connectivity index (χ4v) is 2.84. The van der Waals surface area contributed by atoms with Crippen LogP contribution in [0.1, 0.15) is 20.8 Å². The molecule has 1 aromatic carbocycles. The number of nitro benzene ring substituents is 1. The second kappa shape index (κ2) is 8.92. The van der Waals surface area contributed by atoms with Crippen molar-refractivity contribution in [1.29, 1.82) is 0 Å². The van der Waals surface area contributed by atoms with Gasteiger partial charge in [0.05, 0.1) is 18.0 Å². The maximum absolute atomic E-state index is 12.2. The summed E-state index contributed by atoms with van der Waals surface area (Å²) in [5.41, 5.74) is 0.275. The Hall–Kier alpha value is -2.52. The summed E-state index contributed by atoms with van der Waals surface area (Å²) in [6, 6.07) is 5.75. The molecular formula is C18H27N5O4. The molecule has 0 aromatic heterocycles. The molecule has 1 aromatic rings. The topological polar surface area (TPSA) is 108 Å². The molecule has 1 saturated heterocycles. The van der Waals surface area contributed by atoms with E-state index in [4.69, 9.17) is 0 Å². The van der Waals surface area contributed by atoms with Crippen LogP contribution in [0.2, 0.25) is 0 Å². The normalized spacial score (nSPS) is 16.0. The van der Waals surface area contributed by atoms with Gasteiger partial charge in [-0.1, -0.05) is 0 Å². The third-order valence-corrected chi connectivity index (χ3v) is 4.08. The molecule has 1 aliphatic heterocycles. The Morgan fingerprint density at radius 1 is 1.00 bits per heavy atom. The predicted octanol–water partition coefficient (Wildman–Crippen LogP) is 1.07. The van der Waals surface area contributed by atoms with Crippen LogP contribution in [0.25, 0.3) is 0 Å². The van der Waals surface area contributed by atoms with Gasteiger partial charge in [0.2, 0.25) is 11.8 Å². The molecule has 27 heavy (non-hydrogen) atoms. The van der Waals surface area contributed by atoms with Gasteiger partial charge in [-0.2, -0.15) is 0 Å². The van der Waals surface area contributed by atoms with E-state index in [-0.39, 0.29) is 29.6 Å². The summed E-state index contributed by atoms with van der Waals surface area (Å²) >= 11 is 0. The minimum Gasteiger partial charge on any atom is -0.350 e. The molecule has 0 spiro atoms. The van der Waals surface area contributed by atoms with Gasteiger partial charge in [0, 0.05) is 49.5 Å². The van der Waals surface area contributed by atoms with E-state index < -0.39 is 4.92 Å². The molecule has 9 heteroatoms. The highest BCUT2D eigenvalue weighted by atomic mass is 16.6. The van der Waals surface area contributed by atoms with Crippen LogP contribution in [0.15, 0.2) is 24.3 Å². The highest BCUT2D eigenvalue weighted by molar-refractivity contribution is 5.92. The van der Waals surface area contributed by atoms with Crippen LogP contribution >= 0.6 is 0 Å². The lowest BCUT2D eigenvalue weighted by molar-refractivity contribution is -0.384. The number of hydrogen-bond donors (Lipinski definition) is 2. The monoisotopic (exact) mass is 377 g/mol. The van der Waals surface area contributed by atoms with Crippen molar-refractivity contribution in [2.24, 2.45) is 0 Å². The number of nitrogens with zero attached hydrogens (tertiary/aromatic N) is 3. The van der Waals surface area contributed by atoms with Gasteiger partial charge in [0.15, 0.2) is 0 Å². The molecule has 1 aliphatic rings. The number of anilines is 1. The second-order valence-electron chi connectivity index (χ2n) is 7.70. The zero-order valence-electron chi connectivity index (χ0n) is 16.0.